The molecule has 0 fully saturated rings. The Hall–Kier alpha value is -0.540. The number of hydrogen-bond donors (Lipinski definition) is 3. The molecule has 0 atom stereocenters. The summed E-state index contributed by atoms with van der Waals surface area (Å²) in [6.07, 6.45) is 0. The van der Waals surface area contributed by atoms with Crippen molar-refractivity contribution in [3.05, 3.63) is 17.2 Å². The van der Waals surface area contributed by atoms with Crippen molar-refractivity contribution in [3.63, 3.8) is 0 Å². The Kier molecular flexibility index (Phi) is 1.97. The van der Waals surface area contributed by atoms with E-state index in [9.17, 15) is 0 Å². The molecule has 54 valence electrons. The summed E-state index contributed by atoms with van der Waals surface area (Å²) in [7, 11) is 0. The summed E-state index contributed by atoms with van der Waals surface area (Å²) in [6.45, 7) is 0. The number of benzene rings is 1. The van der Waals surface area contributed by atoms with Gasteiger partial charge in [0.2, 0.25) is 0 Å². The van der Waals surface area contributed by atoms with Crippen molar-refractivity contribution in [2.45, 2.75) is 4.90 Å². The average molecular weight is 176 g/mol. The zero-order valence-electron chi connectivity index (χ0n) is 5.00. The van der Waals surface area contributed by atoms with E-state index in [0.717, 1.165) is 0 Å². The van der Waals surface area contributed by atoms with Crippen LogP contribution in [0.5, 0.6) is 5.75 Å². The number of nitrogens with two attached hydrogens (primary N) is 1. The van der Waals surface area contributed by atoms with Gasteiger partial charge in [0.15, 0.2) is 0 Å². The number of hydrogen-bond acceptors (Lipinski definition) is 3. The van der Waals surface area contributed by atoms with Crippen molar-refractivity contribution in [1.29, 1.82) is 0 Å². The molecule has 0 bridgehead atoms. The first-order valence-corrected chi connectivity index (χ1v) is 3.40. The molecule has 0 unspecified atom stereocenters. The summed E-state index contributed by atoms with van der Waals surface area (Å²) in [5.41, 5.74) is 5.59. The second kappa shape index (κ2) is 2.60. The minimum Gasteiger partial charge on any atom is -0.506 e. The standard InChI is InChI=1S/C6H6ClNOS/c7-3-1-4(8)5(9)2-6(3)10/h1-2,9-10H,8H2. The van der Waals surface area contributed by atoms with Gasteiger partial charge in [-0.2, -0.15) is 0 Å². The monoisotopic (exact) mass is 175 g/mol. The number of thiol groups is 1. The van der Waals surface area contributed by atoms with Gasteiger partial charge in [-0.3, -0.25) is 0 Å². The minimum atomic E-state index is 0.00870. The Labute approximate surface area is 69.0 Å². The van der Waals surface area contributed by atoms with Crippen LogP contribution in [0.2, 0.25) is 5.02 Å². The van der Waals surface area contributed by atoms with Gasteiger partial charge in [0.05, 0.1) is 10.7 Å². The van der Waals surface area contributed by atoms with Gasteiger partial charge in [-0.1, -0.05) is 11.6 Å². The molecule has 0 spiro atoms. The fraction of sp³-hybridized carbons (Fsp3) is 0. The summed E-state index contributed by atoms with van der Waals surface area (Å²) < 4.78 is 0. The van der Waals surface area contributed by atoms with E-state index in [0.29, 0.717) is 9.92 Å². The number of halogens is 1. The van der Waals surface area contributed by atoms with Crippen LogP contribution in [0.1, 0.15) is 0 Å². The lowest BCUT2D eigenvalue weighted by atomic mass is 10.3. The molecular weight excluding hydrogens is 170 g/mol. The molecule has 0 aliphatic heterocycles. The van der Waals surface area contributed by atoms with E-state index in [1.165, 1.54) is 12.1 Å². The molecule has 0 aliphatic rings. The molecule has 10 heavy (non-hydrogen) atoms. The molecule has 0 aromatic heterocycles. The van der Waals surface area contributed by atoms with Crippen molar-refractivity contribution in [3.8, 4) is 5.75 Å². The van der Waals surface area contributed by atoms with E-state index in [4.69, 9.17) is 22.4 Å². The third-order valence-electron chi connectivity index (χ3n) is 1.10. The van der Waals surface area contributed by atoms with E-state index in [1.807, 2.05) is 0 Å². The maximum atomic E-state index is 8.99. The van der Waals surface area contributed by atoms with Crippen molar-refractivity contribution < 1.29 is 5.11 Å². The van der Waals surface area contributed by atoms with Crippen LogP contribution in [0, 0.1) is 0 Å². The van der Waals surface area contributed by atoms with Crippen LogP contribution in [0.4, 0.5) is 5.69 Å². The van der Waals surface area contributed by atoms with Gasteiger partial charge in [-0.15, -0.1) is 12.6 Å². The van der Waals surface area contributed by atoms with Gasteiger partial charge in [0, 0.05) is 4.90 Å². The normalized spacial score (nSPS) is 9.80. The molecule has 1 aromatic carbocycles. The highest BCUT2D eigenvalue weighted by Crippen LogP contribution is 2.29. The van der Waals surface area contributed by atoms with Crippen molar-refractivity contribution in [2.75, 3.05) is 5.73 Å². The summed E-state index contributed by atoms with van der Waals surface area (Å²) >= 11 is 9.59. The maximum Gasteiger partial charge on any atom is 0.139 e. The Morgan fingerprint density at radius 2 is 2.10 bits per heavy atom. The number of aromatic hydroxyl groups is 1. The highest BCUT2D eigenvalue weighted by molar-refractivity contribution is 7.80. The molecule has 0 saturated heterocycles. The van der Waals surface area contributed by atoms with E-state index in [2.05, 4.69) is 12.6 Å². The Bertz CT molecular complexity index is 214. The molecule has 0 aliphatic carbocycles. The number of nitrogen functional groups attached to an aromatic ring is 1. The van der Waals surface area contributed by atoms with Crippen LogP contribution in [0.15, 0.2) is 17.0 Å². The predicted octanol–water partition coefficient (Wildman–Crippen LogP) is 1.92. The third kappa shape index (κ3) is 1.30. The summed E-state index contributed by atoms with van der Waals surface area (Å²) in [4.78, 5) is 0.522. The number of phenolic OH excluding ortho intramolecular Hbond substituents is 1. The zero-order chi connectivity index (χ0) is 7.72. The first-order valence-electron chi connectivity index (χ1n) is 2.58. The van der Waals surface area contributed by atoms with E-state index >= 15 is 0 Å². The molecule has 2 nitrogen and oxygen atoms in total. The second-order valence-electron chi connectivity index (χ2n) is 1.86. The van der Waals surface area contributed by atoms with Crippen LogP contribution in [0.25, 0.3) is 0 Å². The molecule has 3 N–H and O–H groups in total. The van der Waals surface area contributed by atoms with Gasteiger partial charge in [-0.05, 0) is 12.1 Å². The SMILES string of the molecule is Nc1cc(Cl)c(S)cc1O. The molecule has 0 saturated carbocycles. The highest BCUT2D eigenvalue weighted by atomic mass is 35.5. The second-order valence-corrected chi connectivity index (χ2v) is 2.75. The van der Waals surface area contributed by atoms with Gasteiger partial charge in [-0.25, -0.2) is 0 Å². The number of phenols is 1. The first kappa shape index (κ1) is 7.57. The predicted molar refractivity (Wildman–Crippen MR) is 44.8 cm³/mol. The lowest BCUT2D eigenvalue weighted by Crippen LogP contribution is -1.85. The van der Waals surface area contributed by atoms with Crippen LogP contribution in [-0.4, -0.2) is 5.11 Å². The lowest BCUT2D eigenvalue weighted by Gasteiger charge is -2.00. The maximum absolute atomic E-state index is 8.99. The topological polar surface area (TPSA) is 46.2 Å². The van der Waals surface area contributed by atoms with E-state index in [-0.39, 0.29) is 11.4 Å². The minimum absolute atomic E-state index is 0.00870. The number of anilines is 1. The quantitative estimate of drug-likeness (QED) is 0.321. The summed E-state index contributed by atoms with van der Waals surface area (Å²) in [5, 5.41) is 9.44. The number of rotatable bonds is 0. The Morgan fingerprint density at radius 1 is 1.50 bits per heavy atom. The smallest absolute Gasteiger partial charge is 0.139 e. The highest BCUT2D eigenvalue weighted by Gasteiger charge is 2.00. The van der Waals surface area contributed by atoms with Crippen molar-refractivity contribution >= 4 is 29.9 Å². The Morgan fingerprint density at radius 3 is 2.60 bits per heavy atom. The molecule has 0 amide bonds. The molecule has 4 heteroatoms. The van der Waals surface area contributed by atoms with Gasteiger partial charge >= 0.3 is 0 Å². The van der Waals surface area contributed by atoms with Crippen LogP contribution in [0.3, 0.4) is 0 Å². The molecule has 1 rings (SSSR count). The molecule has 1 aromatic rings. The summed E-state index contributed by atoms with van der Waals surface area (Å²) in [6, 6.07) is 2.86. The lowest BCUT2D eigenvalue weighted by molar-refractivity contribution is 0.476. The molecule has 0 heterocycles. The van der Waals surface area contributed by atoms with Crippen LogP contribution in [-0.2, 0) is 0 Å². The summed E-state index contributed by atoms with van der Waals surface area (Å²) in [5.74, 6) is 0.00870. The zero-order valence-corrected chi connectivity index (χ0v) is 6.65. The van der Waals surface area contributed by atoms with Gasteiger partial charge in [0.25, 0.3) is 0 Å². The van der Waals surface area contributed by atoms with Crippen LogP contribution >= 0.6 is 24.2 Å². The third-order valence-corrected chi connectivity index (χ3v) is 1.91. The van der Waals surface area contributed by atoms with Crippen molar-refractivity contribution in [2.24, 2.45) is 0 Å². The van der Waals surface area contributed by atoms with Gasteiger partial charge in [0.1, 0.15) is 5.75 Å². The van der Waals surface area contributed by atoms with E-state index in [1.54, 1.807) is 0 Å². The van der Waals surface area contributed by atoms with Crippen molar-refractivity contribution in [1.82, 2.24) is 0 Å². The molecule has 0 radical (unpaired) electrons. The first-order chi connectivity index (χ1) is 4.61. The van der Waals surface area contributed by atoms with Crippen LogP contribution < -0.4 is 5.73 Å². The van der Waals surface area contributed by atoms with E-state index < -0.39 is 0 Å². The largest absolute Gasteiger partial charge is 0.506 e. The average Bonchev–Trinajstić information content (AvgIpc) is 1.84. The Balaban J connectivity index is 3.28. The van der Waals surface area contributed by atoms with Gasteiger partial charge < -0.3 is 10.8 Å². The fourth-order valence-corrected chi connectivity index (χ4v) is 0.925. The molecular formula is C6H6ClNOS. The fourth-order valence-electron chi connectivity index (χ4n) is 0.566.